The number of hydrogen-bond acceptors (Lipinski definition) is 3. The highest BCUT2D eigenvalue weighted by Gasteiger charge is 2.58. The first-order valence-electron chi connectivity index (χ1n) is 20.7. The van der Waals surface area contributed by atoms with Gasteiger partial charge in [-0.05, 0) is 89.7 Å². The summed E-state index contributed by atoms with van der Waals surface area (Å²) in [5.41, 5.74) is 17.4. The fourth-order valence-electron chi connectivity index (χ4n) is 11.1. The quantitative estimate of drug-likeness (QED) is 0.180. The Hall–Kier alpha value is -7.75. The van der Waals surface area contributed by atoms with Crippen LogP contribution < -0.4 is 0 Å². The molecule has 0 unspecified atom stereocenters. The monoisotopic (exact) mass is 761 g/mol. The van der Waals surface area contributed by atoms with Crippen molar-refractivity contribution >= 4 is 10.8 Å². The van der Waals surface area contributed by atoms with Crippen LogP contribution in [0.1, 0.15) is 44.5 Å². The van der Waals surface area contributed by atoms with Gasteiger partial charge in [0.1, 0.15) is 0 Å². The zero-order valence-electron chi connectivity index (χ0n) is 32.5. The molecule has 3 aliphatic rings. The normalized spacial score (nSPS) is 14.3. The molecule has 0 bridgehead atoms. The van der Waals surface area contributed by atoms with Crippen LogP contribution in [-0.4, -0.2) is 15.0 Å². The molecule has 3 nitrogen and oxygen atoms in total. The molecular weight excluding hydrogens is 727 g/mol. The van der Waals surface area contributed by atoms with Crippen LogP contribution in [0.5, 0.6) is 0 Å². The van der Waals surface area contributed by atoms with Crippen molar-refractivity contribution in [3.8, 4) is 56.4 Å². The van der Waals surface area contributed by atoms with Gasteiger partial charge in [0.05, 0.1) is 10.8 Å². The second-order valence-corrected chi connectivity index (χ2v) is 16.2. The second-order valence-electron chi connectivity index (χ2n) is 16.2. The van der Waals surface area contributed by atoms with Crippen molar-refractivity contribution in [1.82, 2.24) is 15.0 Å². The SMILES string of the molecule is c1ccc(-c2nc(-c3ccc4c(c3)-c3ccccc3C43c4ccccc4C4(c5ccccc5-c5ccccc54)c4ccccc43)nc(-c3ccc4ccccc4c3)n2)cc1. The summed E-state index contributed by atoms with van der Waals surface area (Å²) in [6.07, 6.45) is 0. The summed E-state index contributed by atoms with van der Waals surface area (Å²) in [5, 5.41) is 2.33. The highest BCUT2D eigenvalue weighted by Crippen LogP contribution is 2.67. The van der Waals surface area contributed by atoms with Crippen LogP contribution >= 0.6 is 0 Å². The maximum Gasteiger partial charge on any atom is 0.164 e. The van der Waals surface area contributed by atoms with Gasteiger partial charge in [-0.2, -0.15) is 0 Å². The average molecular weight is 762 g/mol. The molecule has 1 heterocycles. The van der Waals surface area contributed by atoms with Crippen LogP contribution in [0.15, 0.2) is 212 Å². The van der Waals surface area contributed by atoms with E-state index in [0.717, 1.165) is 22.1 Å². The average Bonchev–Trinajstić information content (AvgIpc) is 3.79. The third-order valence-corrected chi connectivity index (χ3v) is 13.4. The van der Waals surface area contributed by atoms with Gasteiger partial charge in [-0.25, -0.2) is 15.0 Å². The predicted molar refractivity (Wildman–Crippen MR) is 242 cm³/mol. The molecule has 10 aromatic rings. The maximum absolute atomic E-state index is 5.23. The largest absolute Gasteiger partial charge is 0.208 e. The molecule has 0 aliphatic heterocycles. The van der Waals surface area contributed by atoms with Crippen LogP contribution in [0.25, 0.3) is 67.2 Å². The number of rotatable bonds is 3. The molecular formula is C57H35N3. The van der Waals surface area contributed by atoms with Crippen LogP contribution in [0.3, 0.4) is 0 Å². The van der Waals surface area contributed by atoms with Gasteiger partial charge in [-0.3, -0.25) is 0 Å². The Morgan fingerprint density at radius 3 is 1.13 bits per heavy atom. The van der Waals surface area contributed by atoms with Crippen molar-refractivity contribution in [2.45, 2.75) is 10.8 Å². The minimum Gasteiger partial charge on any atom is -0.208 e. The summed E-state index contributed by atoms with van der Waals surface area (Å²) in [7, 11) is 0. The van der Waals surface area contributed by atoms with E-state index >= 15 is 0 Å². The fraction of sp³-hybridized carbons (Fsp3) is 0.0351. The summed E-state index contributed by atoms with van der Waals surface area (Å²) >= 11 is 0. The van der Waals surface area contributed by atoms with Gasteiger partial charge >= 0.3 is 0 Å². The summed E-state index contributed by atoms with van der Waals surface area (Å²) in [6, 6.07) is 77.6. The Labute approximate surface area is 348 Å². The fourth-order valence-corrected chi connectivity index (χ4v) is 11.1. The minimum atomic E-state index is -0.556. The van der Waals surface area contributed by atoms with Gasteiger partial charge in [0.15, 0.2) is 17.5 Å². The summed E-state index contributed by atoms with van der Waals surface area (Å²) in [4.78, 5) is 15.5. The third-order valence-electron chi connectivity index (χ3n) is 13.4. The Bertz CT molecular complexity index is 3310. The first kappa shape index (κ1) is 33.2. The van der Waals surface area contributed by atoms with Crippen LogP contribution in [0, 0.1) is 0 Å². The highest BCUT2D eigenvalue weighted by atomic mass is 15.0. The van der Waals surface area contributed by atoms with Gasteiger partial charge in [-0.15, -0.1) is 0 Å². The van der Waals surface area contributed by atoms with E-state index in [-0.39, 0.29) is 0 Å². The minimum absolute atomic E-state index is 0.471. The van der Waals surface area contributed by atoms with E-state index in [1.807, 2.05) is 18.2 Å². The number of fused-ring (bicyclic) bond motifs is 17. The van der Waals surface area contributed by atoms with E-state index in [2.05, 4.69) is 194 Å². The molecule has 9 aromatic carbocycles. The first-order chi connectivity index (χ1) is 29.7. The Morgan fingerprint density at radius 2 is 0.600 bits per heavy atom. The lowest BCUT2D eigenvalue weighted by atomic mass is 9.52. The molecule has 0 saturated carbocycles. The number of aromatic nitrogens is 3. The summed E-state index contributed by atoms with van der Waals surface area (Å²) in [5.74, 6) is 1.95. The molecule has 1 aromatic heterocycles. The predicted octanol–water partition coefficient (Wildman–Crippen LogP) is 13.1. The van der Waals surface area contributed by atoms with Gasteiger partial charge in [0.25, 0.3) is 0 Å². The van der Waals surface area contributed by atoms with Gasteiger partial charge < -0.3 is 0 Å². The lowest BCUT2D eigenvalue weighted by Crippen LogP contribution is -2.43. The van der Waals surface area contributed by atoms with Crippen molar-refractivity contribution in [2.75, 3.05) is 0 Å². The molecule has 278 valence electrons. The van der Waals surface area contributed by atoms with Crippen LogP contribution in [0.4, 0.5) is 0 Å². The van der Waals surface area contributed by atoms with Gasteiger partial charge in [0, 0.05) is 16.7 Å². The van der Waals surface area contributed by atoms with Crippen molar-refractivity contribution in [3.05, 3.63) is 257 Å². The second kappa shape index (κ2) is 12.4. The van der Waals surface area contributed by atoms with Crippen molar-refractivity contribution in [2.24, 2.45) is 0 Å². The van der Waals surface area contributed by atoms with E-state index in [1.165, 1.54) is 72.1 Å². The standard InChI is InChI=1S/C57H35N3/c1-2-17-37(18-3-1)53-58-54(39-31-30-36-16-4-5-19-38(36)34-39)60-55(59-53)40-32-33-48-44(35-40)43-22-8-11-25-47(43)57(48)51-28-14-12-26-49(51)56(50-27-13-15-29-52(50)57)45-23-9-6-20-41(45)42-21-7-10-24-46(42)56/h1-35H. The van der Waals surface area contributed by atoms with Crippen molar-refractivity contribution < 1.29 is 0 Å². The maximum atomic E-state index is 5.23. The number of hydrogen-bond donors (Lipinski definition) is 0. The number of benzene rings is 9. The van der Waals surface area contributed by atoms with E-state index in [9.17, 15) is 0 Å². The highest BCUT2D eigenvalue weighted by molar-refractivity contribution is 5.94. The molecule has 0 amide bonds. The molecule has 3 aliphatic carbocycles. The molecule has 3 heteroatoms. The summed E-state index contributed by atoms with van der Waals surface area (Å²) < 4.78 is 0. The van der Waals surface area contributed by atoms with Crippen LogP contribution in [-0.2, 0) is 10.8 Å². The topological polar surface area (TPSA) is 38.7 Å². The lowest BCUT2D eigenvalue weighted by molar-refractivity contribution is 0.633. The van der Waals surface area contributed by atoms with Crippen molar-refractivity contribution in [1.29, 1.82) is 0 Å². The van der Waals surface area contributed by atoms with E-state index in [0.29, 0.717) is 17.5 Å². The number of nitrogens with zero attached hydrogens (tertiary/aromatic N) is 3. The van der Waals surface area contributed by atoms with E-state index in [1.54, 1.807) is 0 Å². The Morgan fingerprint density at radius 1 is 0.233 bits per heavy atom. The molecule has 13 rings (SSSR count). The zero-order valence-corrected chi connectivity index (χ0v) is 32.5. The van der Waals surface area contributed by atoms with Gasteiger partial charge in [0.2, 0.25) is 0 Å². The molecule has 0 atom stereocenters. The zero-order chi connectivity index (χ0) is 39.4. The van der Waals surface area contributed by atoms with E-state index in [4.69, 9.17) is 15.0 Å². The Balaban J connectivity index is 1.07. The Kier molecular flexibility index (Phi) is 6.86. The third kappa shape index (κ3) is 4.31. The molecule has 60 heavy (non-hydrogen) atoms. The molecule has 0 radical (unpaired) electrons. The van der Waals surface area contributed by atoms with Crippen molar-refractivity contribution in [3.63, 3.8) is 0 Å². The molecule has 2 spiro atoms. The van der Waals surface area contributed by atoms with Gasteiger partial charge in [-0.1, -0.05) is 200 Å². The van der Waals surface area contributed by atoms with E-state index < -0.39 is 10.8 Å². The smallest absolute Gasteiger partial charge is 0.164 e. The molecule has 0 saturated heterocycles. The molecule has 0 fully saturated rings. The summed E-state index contributed by atoms with van der Waals surface area (Å²) in [6.45, 7) is 0. The lowest BCUT2D eigenvalue weighted by Gasteiger charge is -2.48. The first-order valence-corrected chi connectivity index (χ1v) is 20.7. The van der Waals surface area contributed by atoms with Crippen LogP contribution in [0.2, 0.25) is 0 Å². The molecule has 0 N–H and O–H groups in total.